The second-order valence-corrected chi connectivity index (χ2v) is 4.35. The maximum atomic E-state index is 11.9. The topological polar surface area (TPSA) is 101 Å². The van der Waals surface area contributed by atoms with E-state index in [1.165, 1.54) is 18.2 Å². The van der Waals surface area contributed by atoms with Crippen LogP contribution in [0.25, 0.3) is 0 Å². The van der Waals surface area contributed by atoms with Crippen LogP contribution in [0, 0.1) is 17.0 Å². The van der Waals surface area contributed by atoms with Crippen molar-refractivity contribution in [2.45, 2.75) is 26.8 Å². The number of carbonyl (C=O) groups excluding carboxylic acids is 2. The molecule has 108 valence electrons. The maximum absolute atomic E-state index is 11.9. The van der Waals surface area contributed by atoms with E-state index < -0.39 is 16.9 Å². The minimum Gasteiger partial charge on any atom is -0.355 e. The van der Waals surface area contributed by atoms with Crippen LogP contribution < -0.4 is 10.6 Å². The third kappa shape index (κ3) is 3.78. The normalized spacial score (nSPS) is 11.6. The van der Waals surface area contributed by atoms with E-state index in [1.54, 1.807) is 20.8 Å². The van der Waals surface area contributed by atoms with Crippen molar-refractivity contribution < 1.29 is 14.5 Å². The SMILES string of the molecule is CCNC(=O)C(C)NC(=O)c1ccc([N+](=O)[O-])c(C)c1. The van der Waals surface area contributed by atoms with Crippen molar-refractivity contribution in [2.75, 3.05) is 6.54 Å². The number of nitro groups is 1. The molecule has 1 unspecified atom stereocenters. The lowest BCUT2D eigenvalue weighted by molar-refractivity contribution is -0.385. The summed E-state index contributed by atoms with van der Waals surface area (Å²) >= 11 is 0. The summed E-state index contributed by atoms with van der Waals surface area (Å²) in [6, 6.07) is 3.40. The van der Waals surface area contributed by atoms with Crippen molar-refractivity contribution in [1.82, 2.24) is 10.6 Å². The number of carbonyl (C=O) groups is 2. The van der Waals surface area contributed by atoms with Crippen LogP contribution in [-0.4, -0.2) is 29.3 Å². The molecule has 1 atom stereocenters. The molecule has 0 aliphatic carbocycles. The van der Waals surface area contributed by atoms with Gasteiger partial charge in [0.15, 0.2) is 0 Å². The summed E-state index contributed by atoms with van der Waals surface area (Å²) in [4.78, 5) is 33.6. The first-order valence-corrected chi connectivity index (χ1v) is 6.20. The molecule has 1 aromatic carbocycles. The summed E-state index contributed by atoms with van der Waals surface area (Å²) in [6.45, 7) is 5.39. The van der Waals surface area contributed by atoms with E-state index in [-0.39, 0.29) is 17.2 Å². The maximum Gasteiger partial charge on any atom is 0.272 e. The summed E-state index contributed by atoms with van der Waals surface area (Å²) < 4.78 is 0. The van der Waals surface area contributed by atoms with E-state index in [4.69, 9.17) is 0 Å². The molecule has 0 aliphatic rings. The van der Waals surface area contributed by atoms with Gasteiger partial charge < -0.3 is 10.6 Å². The number of rotatable bonds is 5. The lowest BCUT2D eigenvalue weighted by Crippen LogP contribution is -2.44. The van der Waals surface area contributed by atoms with Crippen LogP contribution in [0.1, 0.15) is 29.8 Å². The zero-order valence-corrected chi connectivity index (χ0v) is 11.6. The lowest BCUT2D eigenvalue weighted by Gasteiger charge is -2.13. The molecule has 1 aromatic rings. The van der Waals surface area contributed by atoms with Crippen molar-refractivity contribution in [3.8, 4) is 0 Å². The van der Waals surface area contributed by atoms with Crippen molar-refractivity contribution in [3.63, 3.8) is 0 Å². The van der Waals surface area contributed by atoms with Gasteiger partial charge in [-0.15, -0.1) is 0 Å². The van der Waals surface area contributed by atoms with Gasteiger partial charge in [-0.25, -0.2) is 0 Å². The second kappa shape index (κ2) is 6.65. The molecule has 7 nitrogen and oxygen atoms in total. The zero-order chi connectivity index (χ0) is 15.3. The highest BCUT2D eigenvalue weighted by Crippen LogP contribution is 2.18. The van der Waals surface area contributed by atoms with E-state index in [0.717, 1.165) is 0 Å². The van der Waals surface area contributed by atoms with E-state index in [2.05, 4.69) is 10.6 Å². The molecule has 20 heavy (non-hydrogen) atoms. The Morgan fingerprint density at radius 2 is 2.05 bits per heavy atom. The molecule has 0 aliphatic heterocycles. The molecule has 0 saturated carbocycles. The molecule has 7 heteroatoms. The monoisotopic (exact) mass is 279 g/mol. The minimum atomic E-state index is -0.669. The summed E-state index contributed by atoms with van der Waals surface area (Å²) in [5.41, 5.74) is 0.635. The molecule has 0 radical (unpaired) electrons. The molecular weight excluding hydrogens is 262 g/mol. The van der Waals surface area contributed by atoms with Gasteiger partial charge in [0, 0.05) is 23.7 Å². The summed E-state index contributed by atoms with van der Waals surface area (Å²) in [5.74, 6) is -0.721. The summed E-state index contributed by atoms with van der Waals surface area (Å²) in [6.07, 6.45) is 0. The zero-order valence-electron chi connectivity index (χ0n) is 11.6. The van der Waals surface area contributed by atoms with Gasteiger partial charge in [0.1, 0.15) is 6.04 Å². The van der Waals surface area contributed by atoms with Crippen LogP contribution in [0.15, 0.2) is 18.2 Å². The standard InChI is InChI=1S/C13H17N3O4/c1-4-14-12(17)9(3)15-13(18)10-5-6-11(16(19)20)8(2)7-10/h5-7,9H,4H2,1-3H3,(H,14,17)(H,15,18). The van der Waals surface area contributed by atoms with Crippen LogP contribution in [0.4, 0.5) is 5.69 Å². The average molecular weight is 279 g/mol. The third-order valence-corrected chi connectivity index (χ3v) is 2.75. The van der Waals surface area contributed by atoms with E-state index in [0.29, 0.717) is 12.1 Å². The van der Waals surface area contributed by atoms with Gasteiger partial charge in [0.2, 0.25) is 5.91 Å². The Bertz CT molecular complexity index is 542. The van der Waals surface area contributed by atoms with Gasteiger partial charge >= 0.3 is 0 Å². The quantitative estimate of drug-likeness (QED) is 0.623. The Labute approximate surface area is 116 Å². The molecular formula is C13H17N3O4. The molecule has 2 amide bonds. The van der Waals surface area contributed by atoms with Gasteiger partial charge in [0.05, 0.1) is 4.92 Å². The Morgan fingerprint density at radius 3 is 2.55 bits per heavy atom. The fourth-order valence-corrected chi connectivity index (χ4v) is 1.67. The average Bonchev–Trinajstić information content (AvgIpc) is 2.38. The first-order chi connectivity index (χ1) is 9.36. The van der Waals surface area contributed by atoms with E-state index >= 15 is 0 Å². The van der Waals surface area contributed by atoms with Crippen LogP contribution in [0.5, 0.6) is 0 Å². The Hall–Kier alpha value is -2.44. The molecule has 2 N–H and O–H groups in total. The number of nitrogens with zero attached hydrogens (tertiary/aromatic N) is 1. The van der Waals surface area contributed by atoms with Crippen LogP contribution in [0.3, 0.4) is 0 Å². The van der Waals surface area contributed by atoms with Gasteiger partial charge in [-0.2, -0.15) is 0 Å². The number of hydrogen-bond donors (Lipinski definition) is 2. The van der Waals surface area contributed by atoms with Crippen molar-refractivity contribution in [3.05, 3.63) is 39.4 Å². The fourth-order valence-electron chi connectivity index (χ4n) is 1.67. The summed E-state index contributed by atoms with van der Waals surface area (Å²) in [5, 5.41) is 15.8. The molecule has 0 bridgehead atoms. The molecule has 0 fully saturated rings. The Kier molecular flexibility index (Phi) is 5.19. The summed E-state index contributed by atoms with van der Waals surface area (Å²) in [7, 11) is 0. The number of amides is 2. The van der Waals surface area contributed by atoms with Crippen molar-refractivity contribution in [1.29, 1.82) is 0 Å². The number of nitro benzene ring substituents is 1. The molecule has 1 rings (SSSR count). The Balaban J connectivity index is 2.81. The van der Waals surface area contributed by atoms with Crippen molar-refractivity contribution >= 4 is 17.5 Å². The molecule has 0 spiro atoms. The molecule has 0 aromatic heterocycles. The molecule has 0 saturated heterocycles. The minimum absolute atomic E-state index is 0.0432. The first-order valence-electron chi connectivity index (χ1n) is 6.20. The Morgan fingerprint density at radius 1 is 1.40 bits per heavy atom. The number of benzene rings is 1. The number of nitrogens with one attached hydrogen (secondary N) is 2. The van der Waals surface area contributed by atoms with Crippen LogP contribution in [0.2, 0.25) is 0 Å². The lowest BCUT2D eigenvalue weighted by atomic mass is 10.1. The van der Waals surface area contributed by atoms with E-state index in [9.17, 15) is 19.7 Å². The van der Waals surface area contributed by atoms with Gasteiger partial charge in [0.25, 0.3) is 11.6 Å². The van der Waals surface area contributed by atoms with Crippen LogP contribution >= 0.6 is 0 Å². The highest BCUT2D eigenvalue weighted by molar-refractivity contribution is 5.97. The van der Waals surface area contributed by atoms with Crippen LogP contribution in [-0.2, 0) is 4.79 Å². The smallest absolute Gasteiger partial charge is 0.272 e. The van der Waals surface area contributed by atoms with Crippen molar-refractivity contribution in [2.24, 2.45) is 0 Å². The predicted molar refractivity (Wildman–Crippen MR) is 73.4 cm³/mol. The second-order valence-electron chi connectivity index (χ2n) is 4.35. The van der Waals surface area contributed by atoms with E-state index in [1.807, 2.05) is 0 Å². The van der Waals surface area contributed by atoms with Gasteiger partial charge in [-0.05, 0) is 32.9 Å². The van der Waals surface area contributed by atoms with Gasteiger partial charge in [-0.3, -0.25) is 19.7 Å². The first kappa shape index (κ1) is 15.6. The molecule has 0 heterocycles. The van der Waals surface area contributed by atoms with Gasteiger partial charge in [-0.1, -0.05) is 0 Å². The third-order valence-electron chi connectivity index (χ3n) is 2.75. The largest absolute Gasteiger partial charge is 0.355 e. The number of likely N-dealkylation sites (N-methyl/N-ethyl adjacent to an activating group) is 1. The predicted octanol–water partition coefficient (Wildman–Crippen LogP) is 1.16. The highest BCUT2D eigenvalue weighted by atomic mass is 16.6. The number of hydrogen-bond acceptors (Lipinski definition) is 4. The fraction of sp³-hybridized carbons (Fsp3) is 0.385. The number of aryl methyl sites for hydroxylation is 1. The highest BCUT2D eigenvalue weighted by Gasteiger charge is 2.18.